The molecule has 3 rings (SSSR count). The maximum absolute atomic E-state index is 10.5. The van der Waals surface area contributed by atoms with Gasteiger partial charge in [0.05, 0.1) is 6.10 Å². The van der Waals surface area contributed by atoms with Crippen LogP contribution < -0.4 is 5.32 Å². The van der Waals surface area contributed by atoms with E-state index in [1.165, 1.54) is 11.1 Å². The van der Waals surface area contributed by atoms with Crippen LogP contribution in [0.1, 0.15) is 35.6 Å². The molecular weight excluding hydrogens is 258 g/mol. The number of hydrogen-bond donors (Lipinski definition) is 2. The van der Waals surface area contributed by atoms with Crippen molar-refractivity contribution in [3.8, 4) is 0 Å². The van der Waals surface area contributed by atoms with Crippen molar-refractivity contribution in [2.45, 2.75) is 44.4 Å². The molecule has 1 unspecified atom stereocenters. The summed E-state index contributed by atoms with van der Waals surface area (Å²) in [6.45, 7) is 2.11. The molecule has 1 heterocycles. The van der Waals surface area contributed by atoms with Gasteiger partial charge in [-0.15, -0.1) is 0 Å². The molecule has 2 aromatic rings. The SMILES string of the molecule is Cc1ccc(CC2CC[C@H]([C@H](O)c3ccccc3)N2)cc1. The molecule has 0 saturated carbocycles. The molecule has 1 aliphatic rings. The molecule has 0 aliphatic carbocycles. The molecule has 0 spiro atoms. The minimum atomic E-state index is -0.408. The third-order valence-electron chi connectivity index (χ3n) is 4.40. The van der Waals surface area contributed by atoms with Gasteiger partial charge in [0, 0.05) is 12.1 Å². The molecule has 2 N–H and O–H groups in total. The highest BCUT2D eigenvalue weighted by Gasteiger charge is 2.29. The lowest BCUT2D eigenvalue weighted by atomic mass is 10.0. The van der Waals surface area contributed by atoms with Crippen LogP contribution in [-0.2, 0) is 6.42 Å². The second-order valence-electron chi connectivity index (χ2n) is 6.09. The van der Waals surface area contributed by atoms with Crippen molar-refractivity contribution in [2.75, 3.05) is 0 Å². The molecule has 0 amide bonds. The molecule has 2 nitrogen and oxygen atoms in total. The first-order valence-corrected chi connectivity index (χ1v) is 7.77. The lowest BCUT2D eigenvalue weighted by molar-refractivity contribution is 0.135. The molecule has 0 bridgehead atoms. The van der Waals surface area contributed by atoms with E-state index in [0.29, 0.717) is 6.04 Å². The van der Waals surface area contributed by atoms with Crippen LogP contribution in [-0.4, -0.2) is 17.2 Å². The van der Waals surface area contributed by atoms with Crippen LogP contribution in [0.2, 0.25) is 0 Å². The van der Waals surface area contributed by atoms with Gasteiger partial charge in [-0.2, -0.15) is 0 Å². The Bertz CT molecular complexity index is 564. The highest BCUT2D eigenvalue weighted by molar-refractivity contribution is 5.23. The topological polar surface area (TPSA) is 32.3 Å². The Hall–Kier alpha value is -1.64. The second-order valence-corrected chi connectivity index (χ2v) is 6.09. The fourth-order valence-electron chi connectivity index (χ4n) is 3.15. The first-order valence-electron chi connectivity index (χ1n) is 7.77. The molecule has 1 aliphatic heterocycles. The number of rotatable bonds is 4. The smallest absolute Gasteiger partial charge is 0.0943 e. The Balaban J connectivity index is 1.59. The minimum Gasteiger partial charge on any atom is -0.387 e. The highest BCUT2D eigenvalue weighted by Crippen LogP contribution is 2.26. The first-order chi connectivity index (χ1) is 10.2. The number of hydrogen-bond acceptors (Lipinski definition) is 2. The Morgan fingerprint density at radius 1 is 1.05 bits per heavy atom. The van der Waals surface area contributed by atoms with Crippen molar-refractivity contribution in [3.63, 3.8) is 0 Å². The lowest BCUT2D eigenvalue weighted by Crippen LogP contribution is -2.35. The van der Waals surface area contributed by atoms with E-state index in [4.69, 9.17) is 0 Å². The average molecular weight is 281 g/mol. The van der Waals surface area contributed by atoms with E-state index in [0.717, 1.165) is 24.8 Å². The van der Waals surface area contributed by atoms with Crippen LogP contribution in [0.25, 0.3) is 0 Å². The zero-order valence-corrected chi connectivity index (χ0v) is 12.5. The molecule has 110 valence electrons. The van der Waals surface area contributed by atoms with E-state index < -0.39 is 6.10 Å². The summed E-state index contributed by atoms with van der Waals surface area (Å²) in [7, 11) is 0. The van der Waals surface area contributed by atoms with Gasteiger partial charge in [-0.1, -0.05) is 60.2 Å². The zero-order chi connectivity index (χ0) is 14.7. The number of aryl methyl sites for hydroxylation is 1. The summed E-state index contributed by atoms with van der Waals surface area (Å²) in [5, 5.41) is 14.1. The summed E-state index contributed by atoms with van der Waals surface area (Å²) < 4.78 is 0. The van der Waals surface area contributed by atoms with Gasteiger partial charge in [-0.05, 0) is 37.3 Å². The van der Waals surface area contributed by atoms with Crippen molar-refractivity contribution in [3.05, 3.63) is 71.3 Å². The minimum absolute atomic E-state index is 0.169. The van der Waals surface area contributed by atoms with Crippen molar-refractivity contribution < 1.29 is 5.11 Å². The normalized spacial score (nSPS) is 23.1. The van der Waals surface area contributed by atoms with Crippen LogP contribution in [0.4, 0.5) is 0 Å². The van der Waals surface area contributed by atoms with E-state index in [1.807, 2.05) is 30.3 Å². The molecule has 1 fully saturated rings. The first kappa shape index (κ1) is 14.3. The number of aliphatic hydroxyl groups is 1. The molecule has 0 radical (unpaired) electrons. The Labute approximate surface area is 126 Å². The maximum atomic E-state index is 10.5. The van der Waals surface area contributed by atoms with Gasteiger partial charge < -0.3 is 10.4 Å². The summed E-state index contributed by atoms with van der Waals surface area (Å²) in [4.78, 5) is 0. The summed E-state index contributed by atoms with van der Waals surface area (Å²) in [5.74, 6) is 0. The van der Waals surface area contributed by atoms with Crippen LogP contribution in [0.15, 0.2) is 54.6 Å². The van der Waals surface area contributed by atoms with Crippen molar-refractivity contribution in [1.29, 1.82) is 0 Å². The lowest BCUT2D eigenvalue weighted by Gasteiger charge is -2.20. The van der Waals surface area contributed by atoms with Crippen LogP contribution in [0, 0.1) is 6.92 Å². The van der Waals surface area contributed by atoms with E-state index in [2.05, 4.69) is 36.5 Å². The van der Waals surface area contributed by atoms with Gasteiger partial charge in [0.1, 0.15) is 0 Å². The Morgan fingerprint density at radius 2 is 1.76 bits per heavy atom. The fraction of sp³-hybridized carbons (Fsp3) is 0.368. The second kappa shape index (κ2) is 6.42. The maximum Gasteiger partial charge on any atom is 0.0943 e. The quantitative estimate of drug-likeness (QED) is 0.900. The number of nitrogens with one attached hydrogen (secondary N) is 1. The molecular formula is C19H23NO. The number of aliphatic hydroxyl groups excluding tert-OH is 1. The molecule has 2 heteroatoms. The molecule has 0 aromatic heterocycles. The van der Waals surface area contributed by atoms with E-state index in [-0.39, 0.29) is 6.04 Å². The molecule has 3 atom stereocenters. The van der Waals surface area contributed by atoms with Crippen molar-refractivity contribution >= 4 is 0 Å². The van der Waals surface area contributed by atoms with Crippen molar-refractivity contribution in [1.82, 2.24) is 5.32 Å². The van der Waals surface area contributed by atoms with Gasteiger partial charge in [0.25, 0.3) is 0 Å². The van der Waals surface area contributed by atoms with E-state index >= 15 is 0 Å². The predicted molar refractivity (Wildman–Crippen MR) is 86.2 cm³/mol. The third-order valence-corrected chi connectivity index (χ3v) is 4.40. The van der Waals surface area contributed by atoms with Gasteiger partial charge in [-0.3, -0.25) is 0 Å². The van der Waals surface area contributed by atoms with Crippen LogP contribution >= 0.6 is 0 Å². The Kier molecular flexibility index (Phi) is 4.37. The summed E-state index contributed by atoms with van der Waals surface area (Å²) in [6, 6.07) is 19.3. The third kappa shape index (κ3) is 3.52. The molecule has 21 heavy (non-hydrogen) atoms. The van der Waals surface area contributed by atoms with Gasteiger partial charge in [-0.25, -0.2) is 0 Å². The fourth-order valence-corrected chi connectivity index (χ4v) is 3.15. The summed E-state index contributed by atoms with van der Waals surface area (Å²) >= 11 is 0. The average Bonchev–Trinajstić information content (AvgIpc) is 2.98. The van der Waals surface area contributed by atoms with Crippen LogP contribution in [0.3, 0.4) is 0 Å². The van der Waals surface area contributed by atoms with Gasteiger partial charge >= 0.3 is 0 Å². The zero-order valence-electron chi connectivity index (χ0n) is 12.5. The van der Waals surface area contributed by atoms with Gasteiger partial charge in [0.15, 0.2) is 0 Å². The summed E-state index contributed by atoms with van der Waals surface area (Å²) in [6.07, 6.45) is 2.79. The summed E-state index contributed by atoms with van der Waals surface area (Å²) in [5.41, 5.74) is 3.68. The van der Waals surface area contributed by atoms with Gasteiger partial charge in [0.2, 0.25) is 0 Å². The predicted octanol–water partition coefficient (Wildman–Crippen LogP) is 3.39. The molecule has 1 saturated heterocycles. The monoisotopic (exact) mass is 281 g/mol. The molecule has 2 aromatic carbocycles. The van der Waals surface area contributed by atoms with Crippen LogP contribution in [0.5, 0.6) is 0 Å². The van der Waals surface area contributed by atoms with Crippen molar-refractivity contribution in [2.24, 2.45) is 0 Å². The largest absolute Gasteiger partial charge is 0.387 e. The Morgan fingerprint density at radius 3 is 2.48 bits per heavy atom. The van der Waals surface area contributed by atoms with E-state index in [1.54, 1.807) is 0 Å². The number of benzene rings is 2. The standard InChI is InChI=1S/C19H23NO/c1-14-7-9-15(10-8-14)13-17-11-12-18(20-17)19(21)16-5-3-2-4-6-16/h2-10,17-21H,11-13H2,1H3/t17?,18-,19-/m1/s1. The van der Waals surface area contributed by atoms with E-state index in [9.17, 15) is 5.11 Å². The highest BCUT2D eigenvalue weighted by atomic mass is 16.3.